The SMILES string of the molecule is COc1ccccc1CN(C)C(=O)CN(c1cc(Cl)cc(Cl)c1)S(=O)(=O)c1ccccc1. The van der Waals surface area contributed by atoms with Gasteiger partial charge >= 0.3 is 0 Å². The van der Waals surface area contributed by atoms with E-state index in [1.54, 1.807) is 38.4 Å². The summed E-state index contributed by atoms with van der Waals surface area (Å²) in [5.41, 5.74) is 1.000. The van der Waals surface area contributed by atoms with E-state index < -0.39 is 22.5 Å². The number of anilines is 1. The highest BCUT2D eigenvalue weighted by molar-refractivity contribution is 7.92. The van der Waals surface area contributed by atoms with E-state index in [2.05, 4.69) is 0 Å². The van der Waals surface area contributed by atoms with Crippen LogP contribution in [0.25, 0.3) is 0 Å². The maximum atomic E-state index is 13.4. The van der Waals surface area contributed by atoms with Crippen LogP contribution in [0.5, 0.6) is 5.75 Å². The number of carbonyl (C=O) groups is 1. The Hall–Kier alpha value is -2.74. The first-order chi connectivity index (χ1) is 15.2. The van der Waals surface area contributed by atoms with Gasteiger partial charge in [0.1, 0.15) is 12.3 Å². The second-order valence-corrected chi connectivity index (χ2v) is 9.75. The largest absolute Gasteiger partial charge is 0.496 e. The molecule has 0 saturated heterocycles. The number of hydrogen-bond acceptors (Lipinski definition) is 4. The minimum atomic E-state index is -4.06. The number of para-hydroxylation sites is 1. The molecule has 168 valence electrons. The molecule has 0 aliphatic rings. The first kappa shape index (κ1) is 23.9. The van der Waals surface area contributed by atoms with Crippen molar-refractivity contribution in [3.05, 3.63) is 88.4 Å². The highest BCUT2D eigenvalue weighted by Gasteiger charge is 2.29. The molecule has 0 aliphatic carbocycles. The number of methoxy groups -OCH3 is 1. The average molecular weight is 493 g/mol. The van der Waals surface area contributed by atoms with Crippen molar-refractivity contribution in [2.75, 3.05) is 25.0 Å². The van der Waals surface area contributed by atoms with E-state index >= 15 is 0 Å². The van der Waals surface area contributed by atoms with Gasteiger partial charge in [-0.25, -0.2) is 8.42 Å². The van der Waals surface area contributed by atoms with Crippen LogP contribution in [0.4, 0.5) is 5.69 Å². The smallest absolute Gasteiger partial charge is 0.264 e. The van der Waals surface area contributed by atoms with Crippen molar-refractivity contribution in [3.63, 3.8) is 0 Å². The average Bonchev–Trinajstić information content (AvgIpc) is 2.77. The van der Waals surface area contributed by atoms with Crippen LogP contribution < -0.4 is 9.04 Å². The summed E-state index contributed by atoms with van der Waals surface area (Å²) in [5, 5.41) is 0.520. The summed E-state index contributed by atoms with van der Waals surface area (Å²) in [4.78, 5) is 14.6. The lowest BCUT2D eigenvalue weighted by atomic mass is 10.2. The van der Waals surface area contributed by atoms with E-state index in [4.69, 9.17) is 27.9 Å². The monoisotopic (exact) mass is 492 g/mol. The molecule has 0 spiro atoms. The van der Waals surface area contributed by atoms with Crippen molar-refractivity contribution < 1.29 is 17.9 Å². The van der Waals surface area contributed by atoms with Gasteiger partial charge in [-0.05, 0) is 36.4 Å². The lowest BCUT2D eigenvalue weighted by molar-refractivity contribution is -0.128. The van der Waals surface area contributed by atoms with E-state index in [0.29, 0.717) is 5.75 Å². The number of benzene rings is 3. The number of hydrogen-bond donors (Lipinski definition) is 0. The highest BCUT2D eigenvalue weighted by atomic mass is 35.5. The molecule has 0 atom stereocenters. The van der Waals surface area contributed by atoms with Gasteiger partial charge in [0.15, 0.2) is 0 Å². The van der Waals surface area contributed by atoms with Crippen LogP contribution in [0.15, 0.2) is 77.7 Å². The van der Waals surface area contributed by atoms with Crippen molar-refractivity contribution in [3.8, 4) is 5.75 Å². The molecule has 1 amide bonds. The molecule has 0 radical (unpaired) electrons. The number of carbonyl (C=O) groups excluding carboxylic acids is 1. The molecule has 0 aromatic heterocycles. The zero-order valence-corrected chi connectivity index (χ0v) is 19.9. The van der Waals surface area contributed by atoms with E-state index in [1.807, 2.05) is 18.2 Å². The minimum absolute atomic E-state index is 0.0521. The molecular weight excluding hydrogens is 471 g/mol. The van der Waals surface area contributed by atoms with Crippen molar-refractivity contribution in [1.82, 2.24) is 4.90 Å². The summed E-state index contributed by atoms with van der Waals surface area (Å²) >= 11 is 12.2. The molecule has 0 unspecified atom stereocenters. The number of sulfonamides is 1. The number of halogens is 2. The van der Waals surface area contributed by atoms with E-state index in [9.17, 15) is 13.2 Å². The Labute approximate surface area is 198 Å². The lowest BCUT2D eigenvalue weighted by Gasteiger charge is -2.27. The van der Waals surface area contributed by atoms with Crippen molar-refractivity contribution in [2.45, 2.75) is 11.4 Å². The third-order valence-electron chi connectivity index (χ3n) is 4.77. The molecule has 0 heterocycles. The summed E-state index contributed by atoms with van der Waals surface area (Å²) < 4.78 is 33.2. The molecule has 32 heavy (non-hydrogen) atoms. The molecule has 6 nitrogen and oxygen atoms in total. The first-order valence-corrected chi connectivity index (χ1v) is 11.8. The molecule has 0 aliphatic heterocycles. The van der Waals surface area contributed by atoms with Crippen LogP contribution in [-0.2, 0) is 21.4 Å². The van der Waals surface area contributed by atoms with Gasteiger partial charge in [0.2, 0.25) is 5.91 Å². The Kier molecular flexibility index (Phi) is 7.66. The normalized spacial score (nSPS) is 11.1. The number of ether oxygens (including phenoxy) is 1. The van der Waals surface area contributed by atoms with E-state index in [1.165, 1.54) is 35.2 Å². The van der Waals surface area contributed by atoms with E-state index in [-0.39, 0.29) is 27.2 Å². The Morgan fingerprint density at radius 1 is 0.938 bits per heavy atom. The van der Waals surface area contributed by atoms with Crippen LogP contribution in [0.3, 0.4) is 0 Å². The van der Waals surface area contributed by atoms with Crippen molar-refractivity contribution in [1.29, 1.82) is 0 Å². The van der Waals surface area contributed by atoms with Crippen LogP contribution in [0.2, 0.25) is 10.0 Å². The Bertz CT molecular complexity index is 1180. The lowest BCUT2D eigenvalue weighted by Crippen LogP contribution is -2.41. The highest BCUT2D eigenvalue weighted by Crippen LogP contribution is 2.30. The summed E-state index contributed by atoms with van der Waals surface area (Å²) in [6, 6.07) is 19.6. The zero-order valence-electron chi connectivity index (χ0n) is 17.5. The van der Waals surface area contributed by atoms with Gasteiger partial charge in [0.05, 0.1) is 17.7 Å². The van der Waals surface area contributed by atoms with Gasteiger partial charge in [-0.3, -0.25) is 9.10 Å². The fourth-order valence-corrected chi connectivity index (χ4v) is 5.07. The predicted octanol–water partition coefficient (Wildman–Crippen LogP) is 4.86. The quantitative estimate of drug-likeness (QED) is 0.450. The predicted molar refractivity (Wildman–Crippen MR) is 127 cm³/mol. The van der Waals surface area contributed by atoms with Crippen LogP contribution >= 0.6 is 23.2 Å². The fraction of sp³-hybridized carbons (Fsp3) is 0.174. The fourth-order valence-electron chi connectivity index (χ4n) is 3.14. The Morgan fingerprint density at radius 3 is 2.16 bits per heavy atom. The van der Waals surface area contributed by atoms with E-state index in [0.717, 1.165) is 9.87 Å². The van der Waals surface area contributed by atoms with Crippen LogP contribution in [0, 0.1) is 0 Å². The third kappa shape index (κ3) is 5.54. The van der Waals surface area contributed by atoms with Gasteiger partial charge in [0.25, 0.3) is 10.0 Å². The number of rotatable bonds is 8. The van der Waals surface area contributed by atoms with Gasteiger partial charge in [-0.15, -0.1) is 0 Å². The second kappa shape index (κ2) is 10.3. The molecule has 0 bridgehead atoms. The third-order valence-corrected chi connectivity index (χ3v) is 7.00. The summed E-state index contributed by atoms with van der Waals surface area (Å²) in [6.45, 7) is -0.183. The van der Waals surface area contributed by atoms with Crippen LogP contribution in [-0.4, -0.2) is 39.9 Å². The topological polar surface area (TPSA) is 66.9 Å². The minimum Gasteiger partial charge on any atom is -0.496 e. The van der Waals surface area contributed by atoms with Gasteiger partial charge in [0, 0.05) is 29.2 Å². The summed E-state index contributed by atoms with van der Waals surface area (Å²) in [7, 11) is -0.901. The van der Waals surface area contributed by atoms with Crippen molar-refractivity contribution in [2.24, 2.45) is 0 Å². The second-order valence-electron chi connectivity index (χ2n) is 7.01. The summed E-state index contributed by atoms with van der Waals surface area (Å²) in [6.07, 6.45) is 0. The van der Waals surface area contributed by atoms with Crippen LogP contribution in [0.1, 0.15) is 5.56 Å². The molecule has 0 fully saturated rings. The molecule has 3 aromatic carbocycles. The van der Waals surface area contributed by atoms with Gasteiger partial charge < -0.3 is 9.64 Å². The number of amides is 1. The van der Waals surface area contributed by atoms with Gasteiger partial charge in [-0.2, -0.15) is 0 Å². The number of nitrogens with zero attached hydrogens (tertiary/aromatic N) is 2. The first-order valence-electron chi connectivity index (χ1n) is 9.62. The molecule has 9 heteroatoms. The standard InChI is InChI=1S/C23H22Cl2N2O4S/c1-26(15-17-8-6-7-11-22(17)31-2)23(28)16-27(20-13-18(24)12-19(25)14-20)32(29,30)21-9-4-3-5-10-21/h3-14H,15-16H2,1-2H3. The zero-order chi connectivity index (χ0) is 23.3. The summed E-state index contributed by atoms with van der Waals surface area (Å²) in [5.74, 6) is 0.231. The Morgan fingerprint density at radius 2 is 1.53 bits per heavy atom. The maximum absolute atomic E-state index is 13.4. The number of likely N-dealkylation sites (N-methyl/N-ethyl adjacent to an activating group) is 1. The Balaban J connectivity index is 1.94. The molecular formula is C23H22Cl2N2O4S. The molecule has 0 saturated carbocycles. The molecule has 3 rings (SSSR count). The maximum Gasteiger partial charge on any atom is 0.264 e. The molecule has 0 N–H and O–H groups in total. The molecule has 3 aromatic rings. The van der Waals surface area contributed by atoms with Crippen molar-refractivity contribution >= 4 is 44.8 Å². The van der Waals surface area contributed by atoms with Gasteiger partial charge in [-0.1, -0.05) is 59.6 Å².